The van der Waals surface area contributed by atoms with Crippen molar-refractivity contribution in [3.05, 3.63) is 69.5 Å². The molecule has 6 nitrogen and oxygen atoms in total. The predicted molar refractivity (Wildman–Crippen MR) is 91.5 cm³/mol. The normalized spacial score (nSPS) is 11.1. The van der Waals surface area contributed by atoms with Gasteiger partial charge in [-0.3, -0.25) is 9.78 Å². The number of benzene rings is 2. The fraction of sp³-hybridized carbons (Fsp3) is 0. The van der Waals surface area contributed by atoms with E-state index in [4.69, 9.17) is 16.0 Å². The summed E-state index contributed by atoms with van der Waals surface area (Å²) in [5.41, 5.74) is 1.81. The number of carbonyl (C=O) groups is 1. The molecule has 0 aliphatic heterocycles. The number of carbonyl (C=O) groups excluding carboxylic acids is 1. The fourth-order valence-electron chi connectivity index (χ4n) is 2.50. The van der Waals surface area contributed by atoms with Gasteiger partial charge >= 0.3 is 5.76 Å². The summed E-state index contributed by atoms with van der Waals surface area (Å²) in [7, 11) is 0. The second kappa shape index (κ2) is 5.71. The van der Waals surface area contributed by atoms with Crippen LogP contribution in [0, 0.1) is 5.82 Å². The Hall–Kier alpha value is -3.19. The molecular weight excluding hydrogens is 349 g/mol. The van der Waals surface area contributed by atoms with E-state index < -0.39 is 17.5 Å². The molecule has 0 aliphatic carbocycles. The van der Waals surface area contributed by atoms with Crippen molar-refractivity contribution >= 4 is 45.2 Å². The SMILES string of the molecule is O=C(Nc1ccc2oc(=O)[nH]c2c1)c1cc2ccc(F)cc2nc1Cl. The molecule has 0 aliphatic rings. The van der Waals surface area contributed by atoms with Crippen molar-refractivity contribution in [2.24, 2.45) is 0 Å². The van der Waals surface area contributed by atoms with Crippen LogP contribution in [0.15, 0.2) is 51.7 Å². The lowest BCUT2D eigenvalue weighted by atomic mass is 10.1. The molecule has 0 spiro atoms. The van der Waals surface area contributed by atoms with Crippen molar-refractivity contribution in [2.75, 3.05) is 5.32 Å². The number of rotatable bonds is 2. The number of aromatic amines is 1. The Labute approximate surface area is 144 Å². The van der Waals surface area contributed by atoms with Crippen LogP contribution in [0.2, 0.25) is 5.15 Å². The third-order valence-electron chi connectivity index (χ3n) is 3.65. The summed E-state index contributed by atoms with van der Waals surface area (Å²) in [6.45, 7) is 0. The zero-order valence-electron chi connectivity index (χ0n) is 12.5. The fourth-order valence-corrected chi connectivity index (χ4v) is 2.74. The first kappa shape index (κ1) is 15.3. The number of anilines is 1. The summed E-state index contributed by atoms with van der Waals surface area (Å²) in [4.78, 5) is 30.2. The first-order chi connectivity index (χ1) is 12.0. The minimum Gasteiger partial charge on any atom is -0.408 e. The lowest BCUT2D eigenvalue weighted by Gasteiger charge is -2.08. The third-order valence-corrected chi connectivity index (χ3v) is 3.94. The molecular formula is C17H9ClFN3O3. The first-order valence-electron chi connectivity index (χ1n) is 7.20. The summed E-state index contributed by atoms with van der Waals surface area (Å²) >= 11 is 6.06. The first-order valence-corrected chi connectivity index (χ1v) is 7.57. The number of oxazole rings is 1. The molecule has 2 N–H and O–H groups in total. The predicted octanol–water partition coefficient (Wildman–Crippen LogP) is 3.71. The molecule has 4 aromatic rings. The largest absolute Gasteiger partial charge is 0.417 e. The molecule has 124 valence electrons. The third kappa shape index (κ3) is 2.85. The highest BCUT2D eigenvalue weighted by Crippen LogP contribution is 2.23. The zero-order valence-corrected chi connectivity index (χ0v) is 13.2. The van der Waals surface area contributed by atoms with Crippen LogP contribution in [-0.2, 0) is 0 Å². The Balaban J connectivity index is 1.69. The lowest BCUT2D eigenvalue weighted by Crippen LogP contribution is -2.13. The monoisotopic (exact) mass is 357 g/mol. The summed E-state index contributed by atoms with van der Waals surface area (Å²) < 4.78 is 18.2. The average Bonchev–Trinajstić information content (AvgIpc) is 2.93. The number of hydrogen-bond donors (Lipinski definition) is 2. The van der Waals surface area contributed by atoms with Gasteiger partial charge in [-0.05, 0) is 36.4 Å². The van der Waals surface area contributed by atoms with Gasteiger partial charge in [-0.15, -0.1) is 0 Å². The van der Waals surface area contributed by atoms with Gasteiger partial charge in [0.25, 0.3) is 5.91 Å². The van der Waals surface area contributed by atoms with E-state index >= 15 is 0 Å². The Kier molecular flexibility index (Phi) is 3.51. The van der Waals surface area contributed by atoms with Crippen LogP contribution in [0.1, 0.15) is 10.4 Å². The van der Waals surface area contributed by atoms with Crippen LogP contribution >= 0.6 is 11.6 Å². The number of halogens is 2. The minimum atomic E-state index is -0.576. The Bertz CT molecular complexity index is 1200. The summed E-state index contributed by atoms with van der Waals surface area (Å²) in [5, 5.41) is 3.23. The topological polar surface area (TPSA) is 88.0 Å². The standard InChI is InChI=1S/C17H9ClFN3O3/c18-15-11(5-8-1-2-9(19)6-12(8)21-15)16(23)20-10-3-4-14-13(7-10)22-17(24)25-14/h1-7H,(H,20,23)(H,22,24). The quantitative estimate of drug-likeness (QED) is 0.535. The maximum atomic E-state index is 13.2. The molecule has 25 heavy (non-hydrogen) atoms. The Morgan fingerprint density at radius 2 is 2.04 bits per heavy atom. The van der Waals surface area contributed by atoms with Crippen molar-refractivity contribution in [2.45, 2.75) is 0 Å². The van der Waals surface area contributed by atoms with Gasteiger partial charge in [-0.25, -0.2) is 14.2 Å². The van der Waals surface area contributed by atoms with Gasteiger partial charge in [0, 0.05) is 17.1 Å². The highest BCUT2D eigenvalue weighted by molar-refractivity contribution is 6.33. The van der Waals surface area contributed by atoms with Crippen molar-refractivity contribution in [1.82, 2.24) is 9.97 Å². The van der Waals surface area contributed by atoms with Gasteiger partial charge < -0.3 is 9.73 Å². The smallest absolute Gasteiger partial charge is 0.408 e. The van der Waals surface area contributed by atoms with Crippen LogP contribution in [0.25, 0.3) is 22.0 Å². The van der Waals surface area contributed by atoms with Gasteiger partial charge in [-0.2, -0.15) is 0 Å². The number of amides is 1. The number of hydrogen-bond acceptors (Lipinski definition) is 4. The Morgan fingerprint density at radius 1 is 1.20 bits per heavy atom. The second-order valence-electron chi connectivity index (χ2n) is 5.34. The van der Waals surface area contributed by atoms with Crippen LogP contribution in [0.3, 0.4) is 0 Å². The zero-order chi connectivity index (χ0) is 17.6. The number of aromatic nitrogens is 2. The number of pyridine rings is 1. The maximum Gasteiger partial charge on any atom is 0.417 e. The summed E-state index contributed by atoms with van der Waals surface area (Å²) in [6, 6.07) is 10.3. The molecule has 0 unspecified atom stereocenters. The summed E-state index contributed by atoms with van der Waals surface area (Å²) in [6.07, 6.45) is 0. The molecule has 8 heteroatoms. The van der Waals surface area contributed by atoms with E-state index in [0.29, 0.717) is 27.7 Å². The van der Waals surface area contributed by atoms with E-state index in [1.165, 1.54) is 24.3 Å². The van der Waals surface area contributed by atoms with Crippen molar-refractivity contribution < 1.29 is 13.6 Å². The molecule has 2 heterocycles. The van der Waals surface area contributed by atoms with Gasteiger partial charge in [-0.1, -0.05) is 11.6 Å². The van der Waals surface area contributed by atoms with Crippen molar-refractivity contribution in [3.8, 4) is 0 Å². The Morgan fingerprint density at radius 3 is 2.88 bits per heavy atom. The van der Waals surface area contributed by atoms with E-state index in [2.05, 4.69) is 15.3 Å². The van der Waals surface area contributed by atoms with Gasteiger partial charge in [0.05, 0.1) is 16.6 Å². The molecule has 0 radical (unpaired) electrons. The van der Waals surface area contributed by atoms with Crippen LogP contribution in [-0.4, -0.2) is 15.9 Å². The highest BCUT2D eigenvalue weighted by Gasteiger charge is 2.14. The number of nitrogens with one attached hydrogen (secondary N) is 2. The number of H-pyrrole nitrogens is 1. The molecule has 0 saturated carbocycles. The molecule has 2 aromatic carbocycles. The van der Waals surface area contributed by atoms with E-state index in [9.17, 15) is 14.0 Å². The second-order valence-corrected chi connectivity index (χ2v) is 5.70. The molecule has 0 saturated heterocycles. The van der Waals surface area contributed by atoms with Crippen molar-refractivity contribution in [1.29, 1.82) is 0 Å². The lowest BCUT2D eigenvalue weighted by molar-refractivity contribution is 0.102. The number of fused-ring (bicyclic) bond motifs is 2. The highest BCUT2D eigenvalue weighted by atomic mass is 35.5. The number of nitrogens with zero attached hydrogens (tertiary/aromatic N) is 1. The van der Waals surface area contributed by atoms with Gasteiger partial charge in [0.1, 0.15) is 11.0 Å². The van der Waals surface area contributed by atoms with Crippen LogP contribution in [0.4, 0.5) is 10.1 Å². The molecule has 1 amide bonds. The van der Waals surface area contributed by atoms with Crippen LogP contribution in [0.5, 0.6) is 0 Å². The molecule has 0 atom stereocenters. The summed E-state index contributed by atoms with van der Waals surface area (Å²) in [5.74, 6) is -1.49. The molecule has 0 bridgehead atoms. The van der Waals surface area contributed by atoms with Gasteiger partial charge in [0.15, 0.2) is 5.58 Å². The molecule has 4 rings (SSSR count). The van der Waals surface area contributed by atoms with E-state index in [1.54, 1.807) is 18.2 Å². The van der Waals surface area contributed by atoms with Crippen molar-refractivity contribution in [3.63, 3.8) is 0 Å². The maximum absolute atomic E-state index is 13.2. The van der Waals surface area contributed by atoms with Crippen LogP contribution < -0.4 is 11.1 Å². The van der Waals surface area contributed by atoms with Gasteiger partial charge in [0.2, 0.25) is 0 Å². The van der Waals surface area contributed by atoms with E-state index in [1.807, 2.05) is 0 Å². The molecule has 2 aromatic heterocycles. The van der Waals surface area contributed by atoms with E-state index in [-0.39, 0.29) is 10.7 Å². The minimum absolute atomic E-state index is 0.0339. The van der Waals surface area contributed by atoms with E-state index in [0.717, 1.165) is 0 Å². The average molecular weight is 358 g/mol. The molecule has 0 fully saturated rings.